The number of aliphatic hydroxyl groups is 2. The van der Waals surface area contributed by atoms with Gasteiger partial charge in [0.1, 0.15) is 18.8 Å². The fraction of sp³-hybridized carbons (Fsp3) is 0.769. The second kappa shape index (κ2) is 6.32. The van der Waals surface area contributed by atoms with Crippen LogP contribution in [0.4, 0.5) is 0 Å². The van der Waals surface area contributed by atoms with Gasteiger partial charge in [0, 0.05) is 26.1 Å². The number of carbonyl (C=O) groups excluding carboxylic acids is 1. The molecule has 0 aromatic carbocycles. The van der Waals surface area contributed by atoms with Gasteiger partial charge in [-0.15, -0.1) is 0 Å². The first-order valence-electron chi connectivity index (χ1n) is 7.06. The van der Waals surface area contributed by atoms with Gasteiger partial charge in [0.25, 0.3) is 0 Å². The Morgan fingerprint density at radius 3 is 2.95 bits per heavy atom. The molecule has 0 spiro atoms. The van der Waals surface area contributed by atoms with Crippen LogP contribution < -0.4 is 0 Å². The molecule has 0 bridgehead atoms. The van der Waals surface area contributed by atoms with Crippen molar-refractivity contribution in [2.45, 2.75) is 50.9 Å². The van der Waals surface area contributed by atoms with E-state index in [4.69, 9.17) is 0 Å². The summed E-state index contributed by atoms with van der Waals surface area (Å²) in [5.74, 6) is 0.0160. The molecular weight excluding hydrogens is 260 g/mol. The highest BCUT2D eigenvalue weighted by Crippen LogP contribution is 2.26. The fourth-order valence-corrected chi connectivity index (χ4v) is 2.50. The summed E-state index contributed by atoms with van der Waals surface area (Å²) in [7, 11) is 0. The molecular formula is C13H22N4O3. The van der Waals surface area contributed by atoms with Crippen LogP contribution >= 0.6 is 0 Å². The topological polar surface area (TPSA) is 91.5 Å². The van der Waals surface area contributed by atoms with Gasteiger partial charge in [0.15, 0.2) is 0 Å². The minimum Gasteiger partial charge on any atom is -0.388 e. The number of β-amino-alcohol motifs (C(OH)–C–C–N with tert-alkyl or cyclic N) is 1. The maximum atomic E-state index is 12.1. The Labute approximate surface area is 118 Å². The molecule has 0 aliphatic carbocycles. The van der Waals surface area contributed by atoms with Crippen molar-refractivity contribution in [3.63, 3.8) is 0 Å². The van der Waals surface area contributed by atoms with Crippen molar-refractivity contribution >= 4 is 5.91 Å². The highest BCUT2D eigenvalue weighted by Gasteiger charge is 2.40. The SMILES string of the molecule is CC[C@@]1(O)CCN(C(=O)CCCn2cncn2)C[C@H]1O. The number of carbonyl (C=O) groups is 1. The first-order valence-corrected chi connectivity index (χ1v) is 7.06. The molecule has 7 heteroatoms. The molecule has 1 aromatic rings. The van der Waals surface area contributed by atoms with E-state index in [1.54, 1.807) is 15.9 Å². The first-order chi connectivity index (χ1) is 9.55. The number of rotatable bonds is 5. The van der Waals surface area contributed by atoms with E-state index in [0.717, 1.165) is 0 Å². The van der Waals surface area contributed by atoms with E-state index in [2.05, 4.69) is 10.1 Å². The molecule has 1 aromatic heterocycles. The van der Waals surface area contributed by atoms with Gasteiger partial charge in [0.05, 0.1) is 5.60 Å². The van der Waals surface area contributed by atoms with Gasteiger partial charge >= 0.3 is 0 Å². The van der Waals surface area contributed by atoms with Gasteiger partial charge in [-0.2, -0.15) is 5.10 Å². The van der Waals surface area contributed by atoms with Gasteiger partial charge in [-0.05, 0) is 19.3 Å². The molecule has 112 valence electrons. The molecule has 2 N–H and O–H groups in total. The fourth-order valence-electron chi connectivity index (χ4n) is 2.50. The molecule has 1 aliphatic heterocycles. The lowest BCUT2D eigenvalue weighted by atomic mass is 9.86. The highest BCUT2D eigenvalue weighted by molar-refractivity contribution is 5.76. The third-order valence-electron chi connectivity index (χ3n) is 4.04. The zero-order valence-corrected chi connectivity index (χ0v) is 11.8. The van der Waals surface area contributed by atoms with Crippen molar-refractivity contribution in [2.75, 3.05) is 13.1 Å². The van der Waals surface area contributed by atoms with Crippen LogP contribution in [0.15, 0.2) is 12.7 Å². The largest absolute Gasteiger partial charge is 0.388 e. The zero-order chi connectivity index (χ0) is 14.6. The molecule has 0 saturated carbocycles. The van der Waals surface area contributed by atoms with E-state index in [1.807, 2.05) is 6.92 Å². The van der Waals surface area contributed by atoms with Crippen molar-refractivity contribution in [3.8, 4) is 0 Å². The Morgan fingerprint density at radius 1 is 1.55 bits per heavy atom. The van der Waals surface area contributed by atoms with Gasteiger partial charge in [-0.1, -0.05) is 6.92 Å². The van der Waals surface area contributed by atoms with Crippen LogP contribution in [0.2, 0.25) is 0 Å². The van der Waals surface area contributed by atoms with Crippen LogP contribution in [0.5, 0.6) is 0 Å². The van der Waals surface area contributed by atoms with Crippen LogP contribution in [0, 0.1) is 0 Å². The molecule has 20 heavy (non-hydrogen) atoms. The van der Waals surface area contributed by atoms with E-state index in [9.17, 15) is 15.0 Å². The number of amides is 1. The summed E-state index contributed by atoms with van der Waals surface area (Å²) in [5, 5.41) is 24.1. The van der Waals surface area contributed by atoms with E-state index >= 15 is 0 Å². The van der Waals surface area contributed by atoms with Gasteiger partial charge in [-0.3, -0.25) is 9.48 Å². The molecule has 0 unspecified atom stereocenters. The molecule has 1 fully saturated rings. The maximum absolute atomic E-state index is 12.1. The number of piperidine rings is 1. The second-order valence-electron chi connectivity index (χ2n) is 5.32. The van der Waals surface area contributed by atoms with Gasteiger partial charge in [0.2, 0.25) is 5.91 Å². The van der Waals surface area contributed by atoms with Crippen LogP contribution in [0.25, 0.3) is 0 Å². The number of hydrogen-bond acceptors (Lipinski definition) is 5. The maximum Gasteiger partial charge on any atom is 0.222 e. The quantitative estimate of drug-likeness (QED) is 0.780. The van der Waals surface area contributed by atoms with E-state index < -0.39 is 11.7 Å². The van der Waals surface area contributed by atoms with Crippen molar-refractivity contribution in [1.82, 2.24) is 19.7 Å². The number of aryl methyl sites for hydroxylation is 1. The van der Waals surface area contributed by atoms with Crippen molar-refractivity contribution in [1.29, 1.82) is 0 Å². The minimum atomic E-state index is -1.04. The molecule has 0 radical (unpaired) electrons. The first kappa shape index (κ1) is 14.9. The molecule has 2 atom stereocenters. The summed E-state index contributed by atoms with van der Waals surface area (Å²) in [4.78, 5) is 17.5. The predicted molar refractivity (Wildman–Crippen MR) is 71.7 cm³/mol. The predicted octanol–water partition coefficient (Wildman–Crippen LogP) is -0.207. The van der Waals surface area contributed by atoms with Crippen molar-refractivity contribution in [2.24, 2.45) is 0 Å². The summed E-state index contributed by atoms with van der Waals surface area (Å²) in [6.07, 6.45) is 4.26. The molecule has 1 amide bonds. The Balaban J connectivity index is 1.76. The third kappa shape index (κ3) is 3.34. The van der Waals surface area contributed by atoms with Crippen LogP contribution in [-0.2, 0) is 11.3 Å². The lowest BCUT2D eigenvalue weighted by Gasteiger charge is -2.41. The zero-order valence-electron chi connectivity index (χ0n) is 11.8. The number of hydrogen-bond donors (Lipinski definition) is 2. The molecule has 1 saturated heterocycles. The minimum absolute atomic E-state index is 0.0160. The van der Waals surface area contributed by atoms with E-state index in [-0.39, 0.29) is 12.5 Å². The number of aliphatic hydroxyl groups excluding tert-OH is 1. The second-order valence-corrected chi connectivity index (χ2v) is 5.32. The highest BCUT2D eigenvalue weighted by atomic mass is 16.3. The summed E-state index contributed by atoms with van der Waals surface area (Å²) in [5.41, 5.74) is -1.04. The normalized spacial score (nSPS) is 26.8. The summed E-state index contributed by atoms with van der Waals surface area (Å²) in [6, 6.07) is 0. The van der Waals surface area contributed by atoms with Gasteiger partial charge in [-0.25, -0.2) is 4.98 Å². The molecule has 2 rings (SSSR count). The summed E-state index contributed by atoms with van der Waals surface area (Å²) >= 11 is 0. The standard InChI is InChI=1S/C13H22N4O3/c1-2-13(20)5-7-16(8-11(13)18)12(19)4-3-6-17-10-14-9-15-17/h9-11,18,20H,2-8H2,1H3/t11-,13-/m1/s1. The third-order valence-corrected chi connectivity index (χ3v) is 4.04. The van der Waals surface area contributed by atoms with E-state index in [0.29, 0.717) is 38.8 Å². The van der Waals surface area contributed by atoms with Gasteiger partial charge < -0.3 is 15.1 Å². The van der Waals surface area contributed by atoms with Crippen molar-refractivity contribution < 1.29 is 15.0 Å². The molecule has 2 heterocycles. The molecule has 1 aliphatic rings. The lowest BCUT2D eigenvalue weighted by molar-refractivity contribution is -0.150. The van der Waals surface area contributed by atoms with E-state index in [1.165, 1.54) is 6.33 Å². The van der Waals surface area contributed by atoms with Crippen molar-refractivity contribution in [3.05, 3.63) is 12.7 Å². The van der Waals surface area contributed by atoms with Crippen LogP contribution in [0.3, 0.4) is 0 Å². The Bertz CT molecular complexity index is 437. The van der Waals surface area contributed by atoms with Crippen LogP contribution in [-0.4, -0.2) is 60.6 Å². The number of likely N-dealkylation sites (tertiary alicyclic amines) is 1. The average molecular weight is 282 g/mol. The monoisotopic (exact) mass is 282 g/mol. The number of nitrogens with zero attached hydrogens (tertiary/aromatic N) is 4. The Morgan fingerprint density at radius 2 is 2.35 bits per heavy atom. The molecule has 7 nitrogen and oxygen atoms in total. The number of aromatic nitrogens is 3. The average Bonchev–Trinajstić information content (AvgIpc) is 2.95. The van der Waals surface area contributed by atoms with Crippen LogP contribution in [0.1, 0.15) is 32.6 Å². The lowest BCUT2D eigenvalue weighted by Crippen LogP contribution is -2.56. The smallest absolute Gasteiger partial charge is 0.222 e. The Kier molecular flexibility index (Phi) is 4.72. The Hall–Kier alpha value is -1.47. The summed E-state index contributed by atoms with van der Waals surface area (Å²) < 4.78 is 1.69. The summed E-state index contributed by atoms with van der Waals surface area (Å²) in [6.45, 7) is 3.22.